The number of halogens is 3. The van der Waals surface area contributed by atoms with Crippen molar-refractivity contribution in [1.29, 1.82) is 0 Å². The Morgan fingerprint density at radius 3 is 2.25 bits per heavy atom. The molecule has 0 saturated carbocycles. The van der Waals surface area contributed by atoms with Gasteiger partial charge in [0.15, 0.2) is 0 Å². The van der Waals surface area contributed by atoms with Crippen molar-refractivity contribution in [3.63, 3.8) is 0 Å². The van der Waals surface area contributed by atoms with E-state index in [0.29, 0.717) is 0 Å². The fourth-order valence-electron chi connectivity index (χ4n) is 2.26. The normalized spacial score (nSPS) is 19.0. The van der Waals surface area contributed by atoms with Crippen molar-refractivity contribution in [2.75, 3.05) is 13.7 Å². The van der Waals surface area contributed by atoms with Crippen molar-refractivity contribution in [3.05, 3.63) is 23.5 Å². The lowest BCUT2D eigenvalue weighted by Gasteiger charge is -2.36. The molecule has 0 saturated heterocycles. The average Bonchev–Trinajstić information content (AvgIpc) is 2.50. The van der Waals surface area contributed by atoms with Gasteiger partial charge in [-0.1, -0.05) is 0 Å². The number of hydrogen-bond acceptors (Lipinski definition) is 7. The van der Waals surface area contributed by atoms with Crippen molar-refractivity contribution < 1.29 is 44.8 Å². The first-order valence-electron chi connectivity index (χ1n) is 8.08. The van der Waals surface area contributed by atoms with E-state index in [1.165, 1.54) is 11.8 Å². The lowest BCUT2D eigenvalue weighted by Crippen LogP contribution is -2.46. The summed E-state index contributed by atoms with van der Waals surface area (Å²) in [4.78, 5) is 24.9. The van der Waals surface area contributed by atoms with E-state index in [9.17, 15) is 31.2 Å². The number of ether oxygens (including phenoxy) is 2. The molecule has 160 valence electrons. The van der Waals surface area contributed by atoms with Crippen molar-refractivity contribution >= 4 is 22.2 Å². The highest BCUT2D eigenvalue weighted by atomic mass is 32.2. The summed E-state index contributed by atoms with van der Waals surface area (Å²) < 4.78 is 74.6. The van der Waals surface area contributed by atoms with Gasteiger partial charge in [0.25, 0.3) is 0 Å². The van der Waals surface area contributed by atoms with Gasteiger partial charge in [0.1, 0.15) is 11.4 Å². The molecule has 1 aliphatic heterocycles. The summed E-state index contributed by atoms with van der Waals surface area (Å²) in [7, 11) is -4.82. The Morgan fingerprint density at radius 1 is 1.21 bits per heavy atom. The van der Waals surface area contributed by atoms with Crippen molar-refractivity contribution in [2.45, 2.75) is 51.3 Å². The molecule has 0 bridgehead atoms. The second kappa shape index (κ2) is 8.41. The third-order valence-electron chi connectivity index (χ3n) is 3.54. The van der Waals surface area contributed by atoms with Gasteiger partial charge < -0.3 is 18.6 Å². The second-order valence-corrected chi connectivity index (χ2v) is 8.36. The molecule has 0 aromatic heterocycles. The Bertz CT molecular complexity index is 779. The van der Waals surface area contributed by atoms with E-state index in [1.54, 1.807) is 20.8 Å². The van der Waals surface area contributed by atoms with Crippen molar-refractivity contribution in [2.24, 2.45) is 0 Å². The van der Waals surface area contributed by atoms with Crippen LogP contribution in [0.3, 0.4) is 0 Å². The van der Waals surface area contributed by atoms with Crippen LogP contribution in [0.5, 0.6) is 0 Å². The predicted octanol–water partition coefficient (Wildman–Crippen LogP) is 2.87. The molecule has 28 heavy (non-hydrogen) atoms. The number of carbonyl (C=O) groups is 2. The molecule has 0 aromatic rings. The molecule has 0 spiro atoms. The summed E-state index contributed by atoms with van der Waals surface area (Å²) >= 11 is 0. The number of carbonyl (C=O) groups excluding carboxylic acids is 2. The molecule has 1 amide bonds. The first-order chi connectivity index (χ1) is 12.6. The van der Waals surface area contributed by atoms with Gasteiger partial charge in [-0.3, -0.25) is 0 Å². The average molecular weight is 429 g/mol. The largest absolute Gasteiger partial charge is 0.534 e. The van der Waals surface area contributed by atoms with Crippen LogP contribution in [-0.2, 0) is 28.6 Å². The maximum Gasteiger partial charge on any atom is 0.534 e. The highest BCUT2D eigenvalue weighted by Crippen LogP contribution is 2.33. The van der Waals surface area contributed by atoms with Gasteiger partial charge in [-0.2, -0.15) is 21.6 Å². The smallest absolute Gasteiger partial charge is 0.466 e. The Morgan fingerprint density at radius 2 is 1.79 bits per heavy atom. The summed E-state index contributed by atoms with van der Waals surface area (Å²) in [6.07, 6.45) is 0.851. The quantitative estimate of drug-likeness (QED) is 0.293. The maximum absolute atomic E-state index is 12.7. The van der Waals surface area contributed by atoms with Crippen LogP contribution >= 0.6 is 0 Å². The van der Waals surface area contributed by atoms with E-state index in [4.69, 9.17) is 4.74 Å². The molecule has 8 nitrogen and oxygen atoms in total. The van der Waals surface area contributed by atoms with Gasteiger partial charge in [0.2, 0.25) is 0 Å². The molecule has 1 heterocycles. The molecule has 1 atom stereocenters. The highest BCUT2D eigenvalue weighted by Gasteiger charge is 2.49. The van der Waals surface area contributed by atoms with Crippen molar-refractivity contribution in [3.8, 4) is 0 Å². The topological polar surface area (TPSA) is 99.2 Å². The summed E-state index contributed by atoms with van der Waals surface area (Å²) in [6, 6.07) is -0.928. The Labute approximate surface area is 161 Å². The van der Waals surface area contributed by atoms with E-state index in [-0.39, 0.29) is 18.5 Å². The lowest BCUT2D eigenvalue weighted by molar-refractivity contribution is -0.134. The molecule has 12 heteroatoms. The summed E-state index contributed by atoms with van der Waals surface area (Å²) in [5, 5.41) is 0. The second-order valence-electron chi connectivity index (χ2n) is 6.82. The molecular formula is C16H22F3NO7S. The predicted molar refractivity (Wildman–Crippen MR) is 91.3 cm³/mol. The van der Waals surface area contributed by atoms with Gasteiger partial charge >= 0.3 is 27.7 Å². The van der Waals surface area contributed by atoms with E-state index >= 15 is 0 Å². The third kappa shape index (κ3) is 6.14. The Kier molecular flexibility index (Phi) is 7.15. The Balaban J connectivity index is 3.31. The molecule has 1 unspecified atom stereocenters. The molecule has 0 radical (unpaired) electrons. The summed E-state index contributed by atoms with van der Waals surface area (Å²) in [5.41, 5.74) is -6.54. The van der Waals surface area contributed by atoms with Crippen molar-refractivity contribution in [1.82, 2.24) is 4.90 Å². The van der Waals surface area contributed by atoms with Crippen LogP contribution < -0.4 is 0 Å². The minimum absolute atomic E-state index is 0.102. The molecule has 0 aromatic carbocycles. The van der Waals surface area contributed by atoms with Crippen LogP contribution in [0.2, 0.25) is 0 Å². The van der Waals surface area contributed by atoms with Gasteiger partial charge in [-0.15, -0.1) is 0 Å². The lowest BCUT2D eigenvalue weighted by atomic mass is 9.99. The Hall–Kier alpha value is -2.24. The molecule has 0 aliphatic carbocycles. The molecule has 0 N–H and O–H groups in total. The molecule has 0 fully saturated rings. The number of hydrogen-bond donors (Lipinski definition) is 0. The number of methoxy groups -OCH3 is 1. The molecular weight excluding hydrogens is 407 g/mol. The van der Waals surface area contributed by atoms with E-state index in [2.05, 4.69) is 8.92 Å². The molecule has 1 aliphatic rings. The standard InChI is InChI=1S/C16H22F3NO7S/c1-10-11(6-7-13(21)25-5)12(27-28(23,24)16(17,18)19)8-9-20(10)14(22)26-15(2,3)4/h6-7,10H,8-9H2,1-5H3/b7-6+. The van der Waals surface area contributed by atoms with E-state index in [1.807, 2.05) is 0 Å². The molecule has 1 rings (SSSR count). The van der Waals surface area contributed by atoms with Gasteiger partial charge in [0, 0.05) is 24.6 Å². The minimum Gasteiger partial charge on any atom is -0.466 e. The summed E-state index contributed by atoms with van der Waals surface area (Å²) in [6.45, 7) is 6.20. The van der Waals surface area contributed by atoms with Crippen LogP contribution in [0, 0.1) is 0 Å². The van der Waals surface area contributed by atoms with Crippen LogP contribution in [0.25, 0.3) is 0 Å². The number of rotatable bonds is 4. The van der Waals surface area contributed by atoms with E-state index in [0.717, 1.165) is 19.3 Å². The monoisotopic (exact) mass is 429 g/mol. The summed E-state index contributed by atoms with van der Waals surface area (Å²) in [5.74, 6) is -1.35. The van der Waals surface area contributed by atoms with Gasteiger partial charge in [0.05, 0.1) is 13.2 Å². The van der Waals surface area contributed by atoms with Crippen LogP contribution in [0.4, 0.5) is 18.0 Å². The highest BCUT2D eigenvalue weighted by molar-refractivity contribution is 7.87. The minimum atomic E-state index is -5.91. The zero-order valence-electron chi connectivity index (χ0n) is 16.0. The fourth-order valence-corrected chi connectivity index (χ4v) is 2.80. The van der Waals surface area contributed by atoms with Crippen LogP contribution in [0.15, 0.2) is 23.5 Å². The number of amides is 1. The zero-order valence-corrected chi connectivity index (χ0v) is 16.8. The van der Waals surface area contributed by atoms with Gasteiger partial charge in [-0.25, -0.2) is 9.59 Å². The van der Waals surface area contributed by atoms with Crippen LogP contribution in [0.1, 0.15) is 34.1 Å². The van der Waals surface area contributed by atoms with E-state index < -0.39 is 45.1 Å². The van der Waals surface area contributed by atoms with Gasteiger partial charge in [-0.05, 0) is 33.8 Å². The first kappa shape index (κ1) is 23.8. The number of nitrogens with zero attached hydrogens (tertiary/aromatic N) is 1. The SMILES string of the molecule is COC(=O)/C=C/C1=C(OS(=O)(=O)C(F)(F)F)CCN(C(=O)OC(C)(C)C)C1C. The third-order valence-corrected chi connectivity index (χ3v) is 4.53. The fraction of sp³-hybridized carbons (Fsp3) is 0.625. The zero-order chi connectivity index (χ0) is 21.9. The maximum atomic E-state index is 12.7. The first-order valence-corrected chi connectivity index (χ1v) is 9.49. The number of alkyl halides is 3. The number of esters is 1. The van der Waals surface area contributed by atoms with Crippen LogP contribution in [-0.4, -0.2) is 56.2 Å².